The van der Waals surface area contributed by atoms with Crippen LogP contribution in [0.1, 0.15) is 36.5 Å². The van der Waals surface area contributed by atoms with Gasteiger partial charge in [-0.1, -0.05) is 18.5 Å². The first-order valence-corrected chi connectivity index (χ1v) is 14.3. The standard InChI is InChI=1S/C27H26Cl2F6N8O/c1-3-18-9-19(14-42(18)22-21(28)12-36-23(29)39-22)43(24-37-10-20(11-38-24)41-5-4-40(2)25(41)44)13-15-6-16(26(30,31)32)8-17(7-15)27(33,34)35/h6-8,10-12,18-19H,3-5,9,13-14H2,1-2H3/t18-,19+/m1/s1. The molecule has 0 N–H and O–H groups in total. The van der Waals surface area contributed by atoms with Gasteiger partial charge in [-0.05, 0) is 48.2 Å². The quantitative estimate of drug-likeness (QED) is 0.210. The molecule has 2 atom stereocenters. The first-order valence-electron chi connectivity index (χ1n) is 13.5. The van der Waals surface area contributed by atoms with Crippen molar-refractivity contribution in [1.29, 1.82) is 0 Å². The smallest absolute Gasteiger partial charge is 0.350 e. The van der Waals surface area contributed by atoms with Gasteiger partial charge in [0.05, 0.1) is 41.4 Å². The highest BCUT2D eigenvalue weighted by Crippen LogP contribution is 2.38. The number of alkyl halides is 6. The monoisotopic (exact) mass is 662 g/mol. The van der Waals surface area contributed by atoms with Crippen molar-refractivity contribution < 1.29 is 31.1 Å². The molecule has 236 valence electrons. The minimum absolute atomic E-state index is 0.0377. The largest absolute Gasteiger partial charge is 0.416 e. The van der Waals surface area contributed by atoms with E-state index in [0.29, 0.717) is 49.6 Å². The average Bonchev–Trinajstić information content (AvgIpc) is 3.55. The molecule has 0 aliphatic carbocycles. The lowest BCUT2D eigenvalue weighted by Crippen LogP contribution is -2.39. The predicted octanol–water partition coefficient (Wildman–Crippen LogP) is 6.55. The Balaban J connectivity index is 1.54. The molecule has 1 aromatic carbocycles. The number of amides is 2. The van der Waals surface area contributed by atoms with Gasteiger partial charge in [-0.2, -0.15) is 31.3 Å². The van der Waals surface area contributed by atoms with Crippen LogP contribution in [0.15, 0.2) is 36.8 Å². The van der Waals surface area contributed by atoms with Gasteiger partial charge >= 0.3 is 18.4 Å². The molecule has 0 saturated carbocycles. The van der Waals surface area contributed by atoms with E-state index in [0.717, 1.165) is 0 Å². The van der Waals surface area contributed by atoms with Gasteiger partial charge in [0.25, 0.3) is 0 Å². The second-order valence-corrected chi connectivity index (χ2v) is 11.3. The Kier molecular flexibility index (Phi) is 8.73. The van der Waals surface area contributed by atoms with Crippen molar-refractivity contribution in [2.75, 3.05) is 41.4 Å². The number of hydrogen-bond donors (Lipinski definition) is 0. The van der Waals surface area contributed by atoms with Crippen molar-refractivity contribution in [3.05, 3.63) is 63.8 Å². The lowest BCUT2D eigenvalue weighted by atomic mass is 10.0. The highest BCUT2D eigenvalue weighted by atomic mass is 35.5. The van der Waals surface area contributed by atoms with E-state index >= 15 is 0 Å². The summed E-state index contributed by atoms with van der Waals surface area (Å²) < 4.78 is 82.0. The summed E-state index contributed by atoms with van der Waals surface area (Å²) in [7, 11) is 1.65. The molecule has 44 heavy (non-hydrogen) atoms. The average molecular weight is 663 g/mol. The summed E-state index contributed by atoms with van der Waals surface area (Å²) >= 11 is 12.4. The number of likely N-dealkylation sites (N-methyl/N-ethyl adjacent to an activating group) is 1. The number of hydrogen-bond acceptors (Lipinski definition) is 7. The van der Waals surface area contributed by atoms with E-state index in [4.69, 9.17) is 23.2 Å². The van der Waals surface area contributed by atoms with E-state index in [-0.39, 0.29) is 53.0 Å². The topological polar surface area (TPSA) is 81.6 Å². The lowest BCUT2D eigenvalue weighted by Gasteiger charge is -2.30. The number of carbonyl (C=O) groups excluding carboxylic acids is 1. The van der Waals surface area contributed by atoms with E-state index in [9.17, 15) is 31.1 Å². The van der Waals surface area contributed by atoms with Crippen LogP contribution >= 0.6 is 23.2 Å². The Hall–Kier alpha value is -3.59. The Morgan fingerprint density at radius 2 is 1.59 bits per heavy atom. The summed E-state index contributed by atoms with van der Waals surface area (Å²) in [5, 5.41) is 0.192. The van der Waals surface area contributed by atoms with Crippen LogP contribution in [0.5, 0.6) is 0 Å². The van der Waals surface area contributed by atoms with Crippen LogP contribution in [-0.2, 0) is 18.9 Å². The third kappa shape index (κ3) is 6.58. The fourth-order valence-corrected chi connectivity index (χ4v) is 5.79. The first kappa shape index (κ1) is 31.8. The van der Waals surface area contributed by atoms with Crippen LogP contribution < -0.4 is 14.7 Å². The maximum absolute atomic E-state index is 13.7. The molecule has 0 spiro atoms. The zero-order valence-corrected chi connectivity index (χ0v) is 24.9. The zero-order valence-electron chi connectivity index (χ0n) is 23.4. The number of benzene rings is 1. The fraction of sp³-hybridized carbons (Fsp3) is 0.444. The summed E-state index contributed by atoms with van der Waals surface area (Å²) in [6.45, 7) is 2.70. The number of halogens is 8. The SMILES string of the molecule is CC[C@@H]1C[C@H](N(Cc2cc(C(F)(F)F)cc(C(F)(F)F)c2)c2ncc(N3CCN(C)C3=O)cn2)CN1c1nc(Cl)ncc1Cl. The summed E-state index contributed by atoms with van der Waals surface area (Å²) in [6.07, 6.45) is -4.79. The lowest BCUT2D eigenvalue weighted by molar-refractivity contribution is -0.143. The molecule has 5 rings (SSSR count). The van der Waals surface area contributed by atoms with Gasteiger partial charge in [0.1, 0.15) is 5.02 Å². The molecule has 0 bridgehead atoms. The number of aromatic nitrogens is 4. The highest BCUT2D eigenvalue weighted by molar-refractivity contribution is 6.33. The fourth-order valence-electron chi connectivity index (χ4n) is 5.46. The zero-order chi connectivity index (χ0) is 32.0. The van der Waals surface area contributed by atoms with Crippen molar-refractivity contribution in [3.63, 3.8) is 0 Å². The molecular weight excluding hydrogens is 637 g/mol. The molecule has 9 nitrogen and oxygen atoms in total. The number of anilines is 3. The Morgan fingerprint density at radius 1 is 0.955 bits per heavy atom. The van der Waals surface area contributed by atoms with Gasteiger partial charge in [0.15, 0.2) is 5.82 Å². The van der Waals surface area contributed by atoms with Crippen molar-refractivity contribution in [2.24, 2.45) is 0 Å². The van der Waals surface area contributed by atoms with E-state index < -0.39 is 29.5 Å². The Bertz CT molecular complexity index is 1490. The van der Waals surface area contributed by atoms with Gasteiger partial charge in [-0.15, -0.1) is 0 Å². The molecule has 17 heteroatoms. The molecule has 2 aromatic heterocycles. The summed E-state index contributed by atoms with van der Waals surface area (Å²) in [5.41, 5.74) is -2.66. The van der Waals surface area contributed by atoms with Gasteiger partial charge < -0.3 is 14.7 Å². The second kappa shape index (κ2) is 12.1. The van der Waals surface area contributed by atoms with Crippen molar-refractivity contribution in [1.82, 2.24) is 24.8 Å². The van der Waals surface area contributed by atoms with Crippen LogP contribution in [0.4, 0.5) is 48.6 Å². The van der Waals surface area contributed by atoms with Gasteiger partial charge in [-0.3, -0.25) is 4.90 Å². The second-order valence-electron chi connectivity index (χ2n) is 10.6. The van der Waals surface area contributed by atoms with Crippen LogP contribution in [0, 0.1) is 0 Å². The van der Waals surface area contributed by atoms with Crippen molar-refractivity contribution in [3.8, 4) is 0 Å². The molecule has 2 amide bonds. The minimum atomic E-state index is -5.01. The third-order valence-electron chi connectivity index (χ3n) is 7.68. The van der Waals surface area contributed by atoms with E-state index in [1.54, 1.807) is 11.9 Å². The number of rotatable bonds is 7. The summed E-state index contributed by atoms with van der Waals surface area (Å²) in [6, 6.07) is 0.587. The van der Waals surface area contributed by atoms with Crippen molar-refractivity contribution in [2.45, 2.75) is 50.7 Å². The van der Waals surface area contributed by atoms with E-state index in [1.165, 1.54) is 28.4 Å². The Labute approximate surface area is 258 Å². The highest BCUT2D eigenvalue weighted by Gasteiger charge is 2.40. The van der Waals surface area contributed by atoms with Crippen LogP contribution in [0.3, 0.4) is 0 Å². The van der Waals surface area contributed by atoms with Crippen molar-refractivity contribution >= 4 is 46.7 Å². The molecule has 2 aliphatic heterocycles. The van der Waals surface area contributed by atoms with Crippen LogP contribution in [0.25, 0.3) is 0 Å². The van der Waals surface area contributed by atoms with Crippen LogP contribution in [-0.4, -0.2) is 69.6 Å². The molecule has 2 saturated heterocycles. The van der Waals surface area contributed by atoms with Crippen LogP contribution in [0.2, 0.25) is 10.3 Å². The number of nitrogens with zero attached hydrogens (tertiary/aromatic N) is 8. The Morgan fingerprint density at radius 3 is 2.14 bits per heavy atom. The molecule has 4 heterocycles. The third-order valence-corrected chi connectivity index (χ3v) is 8.13. The first-order chi connectivity index (χ1) is 20.7. The molecule has 2 fully saturated rings. The molecule has 0 unspecified atom stereocenters. The molecule has 3 aromatic rings. The normalized spacial score (nSPS) is 19.3. The molecular formula is C27H26Cl2F6N8O. The van der Waals surface area contributed by atoms with E-state index in [2.05, 4.69) is 19.9 Å². The molecule has 2 aliphatic rings. The van der Waals surface area contributed by atoms with E-state index in [1.807, 2.05) is 11.8 Å². The maximum atomic E-state index is 13.7. The number of urea groups is 1. The number of carbonyl (C=O) groups is 1. The predicted molar refractivity (Wildman–Crippen MR) is 152 cm³/mol. The van der Waals surface area contributed by atoms with Gasteiger partial charge in [0.2, 0.25) is 11.2 Å². The summed E-state index contributed by atoms with van der Waals surface area (Å²) in [5.74, 6) is 0.417. The van der Waals surface area contributed by atoms with Gasteiger partial charge in [-0.25, -0.2) is 19.7 Å². The summed E-state index contributed by atoms with van der Waals surface area (Å²) in [4.78, 5) is 35.9. The minimum Gasteiger partial charge on any atom is -0.350 e. The maximum Gasteiger partial charge on any atom is 0.416 e. The van der Waals surface area contributed by atoms with Gasteiger partial charge in [0, 0.05) is 39.3 Å². The molecule has 0 radical (unpaired) electrons.